The van der Waals surface area contributed by atoms with E-state index in [1.165, 1.54) is 29.5 Å². The van der Waals surface area contributed by atoms with Gasteiger partial charge in [-0.2, -0.15) is 0 Å². The Bertz CT molecular complexity index is 612. The number of aromatic nitrogens is 1. The van der Waals surface area contributed by atoms with Crippen molar-refractivity contribution >= 4 is 28.7 Å². The third-order valence-corrected chi connectivity index (χ3v) is 3.15. The van der Waals surface area contributed by atoms with Crippen molar-refractivity contribution in [1.29, 1.82) is 0 Å². The second-order valence-corrected chi connectivity index (χ2v) is 4.59. The Balaban J connectivity index is 2.20. The molecule has 0 unspecified atom stereocenters. The molecule has 1 aromatic heterocycles. The van der Waals surface area contributed by atoms with Gasteiger partial charge < -0.3 is 10.4 Å². The van der Waals surface area contributed by atoms with Gasteiger partial charge in [0.2, 0.25) is 0 Å². The van der Waals surface area contributed by atoms with Crippen LogP contribution in [0, 0.1) is 10.1 Å². The lowest BCUT2D eigenvalue weighted by atomic mass is 10.1. The van der Waals surface area contributed by atoms with Gasteiger partial charge in [0, 0.05) is 22.8 Å². The zero-order valence-corrected chi connectivity index (χ0v) is 10.4. The molecule has 0 saturated heterocycles. The molecule has 2 aromatic rings. The predicted molar refractivity (Wildman–Crippen MR) is 69.5 cm³/mol. The van der Waals surface area contributed by atoms with Gasteiger partial charge in [0.05, 0.1) is 17.0 Å². The number of nitro groups is 1. The van der Waals surface area contributed by atoms with Crippen LogP contribution < -0.4 is 5.32 Å². The van der Waals surface area contributed by atoms with Gasteiger partial charge in [-0.25, -0.2) is 4.79 Å². The average molecular weight is 279 g/mol. The van der Waals surface area contributed by atoms with Crippen molar-refractivity contribution in [2.45, 2.75) is 6.54 Å². The predicted octanol–water partition coefficient (Wildman–Crippen LogP) is 2.36. The lowest BCUT2D eigenvalue weighted by Crippen LogP contribution is -2.04. The lowest BCUT2D eigenvalue weighted by Gasteiger charge is -2.05. The molecular formula is C11H9N3O4S. The van der Waals surface area contributed by atoms with E-state index in [1.54, 1.807) is 11.7 Å². The lowest BCUT2D eigenvalue weighted by molar-refractivity contribution is -0.385. The molecule has 8 heteroatoms. The minimum atomic E-state index is -1.32. The number of carboxylic acid groups (broad SMARTS) is 1. The highest BCUT2D eigenvalue weighted by Gasteiger charge is 2.19. The highest BCUT2D eigenvalue weighted by molar-refractivity contribution is 7.09. The fraction of sp³-hybridized carbons (Fsp3) is 0.0909. The van der Waals surface area contributed by atoms with Crippen LogP contribution in [0.4, 0.5) is 11.4 Å². The Morgan fingerprint density at radius 1 is 1.53 bits per heavy atom. The topological polar surface area (TPSA) is 105 Å². The first-order valence-electron chi connectivity index (χ1n) is 5.21. The quantitative estimate of drug-likeness (QED) is 0.643. The van der Waals surface area contributed by atoms with Gasteiger partial charge in [-0.3, -0.25) is 15.1 Å². The van der Waals surface area contributed by atoms with Crippen LogP contribution in [0.5, 0.6) is 0 Å². The molecule has 2 rings (SSSR count). The number of carbonyl (C=O) groups is 1. The number of nitro benzene ring substituents is 1. The maximum absolute atomic E-state index is 10.9. The van der Waals surface area contributed by atoms with Crippen LogP contribution in [0.2, 0.25) is 0 Å². The summed E-state index contributed by atoms with van der Waals surface area (Å²) < 4.78 is 0. The molecule has 0 radical (unpaired) electrons. The minimum Gasteiger partial charge on any atom is -0.477 e. The molecule has 0 saturated carbocycles. The van der Waals surface area contributed by atoms with Crippen molar-refractivity contribution in [2.75, 3.05) is 5.32 Å². The molecule has 0 fully saturated rings. The van der Waals surface area contributed by atoms with E-state index < -0.39 is 16.6 Å². The molecule has 0 amide bonds. The number of nitrogens with one attached hydrogen (secondary N) is 1. The molecule has 0 bridgehead atoms. The van der Waals surface area contributed by atoms with Crippen molar-refractivity contribution < 1.29 is 14.8 Å². The number of nitrogens with zero attached hydrogens (tertiary/aromatic N) is 2. The van der Waals surface area contributed by atoms with Gasteiger partial charge in [0.25, 0.3) is 5.69 Å². The largest absolute Gasteiger partial charge is 0.477 e. The van der Waals surface area contributed by atoms with Gasteiger partial charge in [-0.15, -0.1) is 11.3 Å². The van der Waals surface area contributed by atoms with E-state index in [2.05, 4.69) is 10.3 Å². The highest BCUT2D eigenvalue weighted by atomic mass is 32.1. The van der Waals surface area contributed by atoms with Crippen molar-refractivity contribution in [3.05, 3.63) is 50.5 Å². The molecule has 1 heterocycles. The second-order valence-electron chi connectivity index (χ2n) is 3.62. The fourth-order valence-corrected chi connectivity index (χ4v) is 2.03. The van der Waals surface area contributed by atoms with Crippen molar-refractivity contribution in [2.24, 2.45) is 0 Å². The second kappa shape index (κ2) is 5.44. The zero-order valence-electron chi connectivity index (χ0n) is 9.57. The smallest absolute Gasteiger partial charge is 0.342 e. The van der Waals surface area contributed by atoms with Crippen molar-refractivity contribution in [1.82, 2.24) is 4.98 Å². The van der Waals surface area contributed by atoms with Crippen LogP contribution in [0.25, 0.3) is 0 Å². The summed E-state index contributed by atoms with van der Waals surface area (Å²) in [5.41, 5.74) is 1.42. The van der Waals surface area contributed by atoms with Crippen LogP contribution in [0.1, 0.15) is 15.2 Å². The summed E-state index contributed by atoms with van der Waals surface area (Å²) in [6.07, 6.45) is 1.69. The van der Waals surface area contributed by atoms with Crippen LogP contribution in [-0.2, 0) is 6.54 Å². The summed E-state index contributed by atoms with van der Waals surface area (Å²) in [5.74, 6) is -1.32. The maximum atomic E-state index is 10.9. The molecule has 2 N–H and O–H groups in total. The van der Waals surface area contributed by atoms with E-state index in [0.29, 0.717) is 12.2 Å². The summed E-state index contributed by atoms with van der Waals surface area (Å²) in [6.45, 7) is 0.480. The number of aromatic carboxylic acids is 1. The van der Waals surface area contributed by atoms with Crippen LogP contribution in [-0.4, -0.2) is 21.0 Å². The SMILES string of the molecule is O=C(O)c1ccc(NCc2cncs2)cc1[N+](=O)[O-]. The molecule has 7 nitrogen and oxygen atoms in total. The van der Waals surface area contributed by atoms with E-state index in [0.717, 1.165) is 4.88 Å². The number of hydrogen-bond acceptors (Lipinski definition) is 6. The van der Waals surface area contributed by atoms with E-state index in [4.69, 9.17) is 5.11 Å². The molecule has 0 aliphatic heterocycles. The molecule has 1 aromatic carbocycles. The Morgan fingerprint density at radius 2 is 2.32 bits per heavy atom. The summed E-state index contributed by atoms with van der Waals surface area (Å²) in [7, 11) is 0. The molecule has 0 aliphatic carbocycles. The number of anilines is 1. The van der Waals surface area contributed by atoms with Gasteiger partial charge in [-0.1, -0.05) is 0 Å². The third-order valence-electron chi connectivity index (χ3n) is 2.38. The number of rotatable bonds is 5. The summed E-state index contributed by atoms with van der Waals surface area (Å²) in [5, 5.41) is 22.7. The van der Waals surface area contributed by atoms with Crippen LogP contribution >= 0.6 is 11.3 Å². The average Bonchev–Trinajstić information content (AvgIpc) is 2.88. The Hall–Kier alpha value is -2.48. The molecule has 98 valence electrons. The zero-order chi connectivity index (χ0) is 13.8. The number of carboxylic acids is 1. The third kappa shape index (κ3) is 3.05. The first-order chi connectivity index (χ1) is 9.08. The van der Waals surface area contributed by atoms with E-state index in [1.807, 2.05) is 0 Å². The fourth-order valence-electron chi connectivity index (χ4n) is 1.49. The normalized spacial score (nSPS) is 10.1. The van der Waals surface area contributed by atoms with Crippen LogP contribution in [0.15, 0.2) is 29.9 Å². The summed E-state index contributed by atoms with van der Waals surface area (Å²) in [6, 6.07) is 3.93. The monoisotopic (exact) mass is 279 g/mol. The first-order valence-corrected chi connectivity index (χ1v) is 6.09. The molecule has 0 aliphatic rings. The number of thiazole rings is 1. The maximum Gasteiger partial charge on any atom is 0.342 e. The molecule has 0 atom stereocenters. The van der Waals surface area contributed by atoms with E-state index >= 15 is 0 Å². The van der Waals surface area contributed by atoms with E-state index in [-0.39, 0.29) is 5.56 Å². The highest BCUT2D eigenvalue weighted by Crippen LogP contribution is 2.23. The van der Waals surface area contributed by atoms with E-state index in [9.17, 15) is 14.9 Å². The molecule has 0 spiro atoms. The minimum absolute atomic E-state index is 0.326. The standard InChI is InChI=1S/C11H9N3O4S/c15-11(16)9-2-1-7(3-10(9)14(17)18)13-5-8-4-12-6-19-8/h1-4,6,13H,5H2,(H,15,16). The summed E-state index contributed by atoms with van der Waals surface area (Å²) >= 11 is 1.46. The Labute approximate surface area is 111 Å². The van der Waals surface area contributed by atoms with Gasteiger partial charge in [0.15, 0.2) is 0 Å². The Morgan fingerprint density at radius 3 is 2.89 bits per heavy atom. The number of benzene rings is 1. The molecule has 19 heavy (non-hydrogen) atoms. The molecular weight excluding hydrogens is 270 g/mol. The van der Waals surface area contributed by atoms with Gasteiger partial charge in [0.1, 0.15) is 5.56 Å². The first kappa shape index (κ1) is 13.0. The summed E-state index contributed by atoms with van der Waals surface area (Å²) in [4.78, 5) is 25.8. The van der Waals surface area contributed by atoms with Gasteiger partial charge >= 0.3 is 5.97 Å². The van der Waals surface area contributed by atoms with Gasteiger partial charge in [-0.05, 0) is 12.1 Å². The van der Waals surface area contributed by atoms with Crippen molar-refractivity contribution in [3.8, 4) is 0 Å². The number of hydrogen-bond donors (Lipinski definition) is 2. The van der Waals surface area contributed by atoms with Crippen molar-refractivity contribution in [3.63, 3.8) is 0 Å². The van der Waals surface area contributed by atoms with Crippen LogP contribution in [0.3, 0.4) is 0 Å². The Kier molecular flexibility index (Phi) is 3.71.